The van der Waals surface area contributed by atoms with E-state index in [0.29, 0.717) is 30.0 Å². The molecule has 0 radical (unpaired) electrons. The maximum atomic E-state index is 13.4. The molecule has 0 spiro atoms. The van der Waals surface area contributed by atoms with E-state index >= 15 is 0 Å². The van der Waals surface area contributed by atoms with Gasteiger partial charge in [0.1, 0.15) is 0 Å². The Bertz CT molecular complexity index is 959. The van der Waals surface area contributed by atoms with Crippen LogP contribution in [0.1, 0.15) is 60.3 Å². The molecule has 1 heterocycles. The first kappa shape index (κ1) is 22.7. The van der Waals surface area contributed by atoms with E-state index in [1.165, 1.54) is 7.11 Å². The summed E-state index contributed by atoms with van der Waals surface area (Å²) in [4.78, 5) is 27.4. The Hall–Kier alpha value is -3.02. The summed E-state index contributed by atoms with van der Waals surface area (Å²) in [5.74, 6) is 0.735. The van der Waals surface area contributed by atoms with Crippen LogP contribution >= 0.6 is 0 Å². The van der Waals surface area contributed by atoms with Crippen molar-refractivity contribution >= 4 is 11.9 Å². The van der Waals surface area contributed by atoms with E-state index in [9.17, 15) is 9.59 Å². The predicted molar refractivity (Wildman–Crippen MR) is 119 cm³/mol. The highest BCUT2D eigenvalue weighted by Crippen LogP contribution is 2.40. The van der Waals surface area contributed by atoms with E-state index in [-0.39, 0.29) is 23.7 Å². The van der Waals surface area contributed by atoms with Gasteiger partial charge in [0, 0.05) is 12.1 Å². The molecule has 3 rings (SSSR count). The molecule has 0 saturated heterocycles. The molecule has 1 aliphatic rings. The fourth-order valence-electron chi connectivity index (χ4n) is 4.01. The first-order chi connectivity index (χ1) is 14.7. The third-order valence-electron chi connectivity index (χ3n) is 5.85. The Morgan fingerprint density at radius 3 is 2.16 bits per heavy atom. The summed E-state index contributed by atoms with van der Waals surface area (Å²) in [7, 11) is 4.52. The van der Waals surface area contributed by atoms with Crippen molar-refractivity contribution in [3.05, 3.63) is 58.7 Å². The van der Waals surface area contributed by atoms with E-state index in [1.807, 2.05) is 36.4 Å². The molecular formula is C25H31NO5. The first-order valence-electron chi connectivity index (χ1n) is 10.4. The molecule has 0 N–H and O–H groups in total. The summed E-state index contributed by atoms with van der Waals surface area (Å²) in [6, 6.07) is 11.1. The fraction of sp³-hybridized carbons (Fsp3) is 0.440. The van der Waals surface area contributed by atoms with Crippen LogP contribution in [0.15, 0.2) is 36.4 Å². The highest BCUT2D eigenvalue weighted by Gasteiger charge is 2.34. The average Bonchev–Trinajstić information content (AvgIpc) is 2.77. The van der Waals surface area contributed by atoms with Crippen molar-refractivity contribution in [3.63, 3.8) is 0 Å². The van der Waals surface area contributed by atoms with Crippen LogP contribution in [0.2, 0.25) is 0 Å². The monoisotopic (exact) mass is 425 g/mol. The topological polar surface area (TPSA) is 65.1 Å². The van der Waals surface area contributed by atoms with Crippen molar-refractivity contribution in [2.75, 3.05) is 27.9 Å². The van der Waals surface area contributed by atoms with Crippen molar-refractivity contribution in [2.45, 2.75) is 45.1 Å². The van der Waals surface area contributed by atoms with Crippen LogP contribution in [0, 0.1) is 0 Å². The van der Waals surface area contributed by atoms with Crippen LogP contribution in [0.5, 0.6) is 11.5 Å². The van der Waals surface area contributed by atoms with Crippen molar-refractivity contribution < 1.29 is 23.8 Å². The number of carbonyl (C=O) groups is 2. The zero-order valence-corrected chi connectivity index (χ0v) is 19.2. The number of benzene rings is 2. The van der Waals surface area contributed by atoms with Crippen LogP contribution in [-0.2, 0) is 21.4 Å². The lowest BCUT2D eigenvalue weighted by atomic mass is 9.86. The molecule has 2 aromatic rings. The quantitative estimate of drug-likeness (QED) is 0.668. The third-order valence-corrected chi connectivity index (χ3v) is 5.85. The fourth-order valence-corrected chi connectivity index (χ4v) is 4.01. The molecule has 0 bridgehead atoms. The van der Waals surface area contributed by atoms with Gasteiger partial charge in [-0.2, -0.15) is 0 Å². The van der Waals surface area contributed by atoms with Gasteiger partial charge >= 0.3 is 5.97 Å². The van der Waals surface area contributed by atoms with E-state index in [2.05, 4.69) is 20.8 Å². The van der Waals surface area contributed by atoms with Crippen LogP contribution in [0.4, 0.5) is 0 Å². The van der Waals surface area contributed by atoms with Crippen molar-refractivity contribution in [2.24, 2.45) is 0 Å². The van der Waals surface area contributed by atoms with Gasteiger partial charge in [-0.1, -0.05) is 32.9 Å². The number of esters is 1. The second kappa shape index (κ2) is 9.00. The van der Waals surface area contributed by atoms with E-state index in [1.54, 1.807) is 19.1 Å². The van der Waals surface area contributed by atoms with E-state index in [0.717, 1.165) is 16.7 Å². The van der Waals surface area contributed by atoms with Gasteiger partial charge in [-0.3, -0.25) is 9.59 Å². The lowest BCUT2D eigenvalue weighted by Crippen LogP contribution is -2.41. The normalized spacial score (nSPS) is 15.8. The van der Waals surface area contributed by atoms with Crippen LogP contribution in [0.25, 0.3) is 0 Å². The van der Waals surface area contributed by atoms with Gasteiger partial charge in [-0.05, 0) is 52.8 Å². The Balaban J connectivity index is 1.99. The molecule has 1 amide bonds. The first-order valence-corrected chi connectivity index (χ1v) is 10.4. The van der Waals surface area contributed by atoms with Gasteiger partial charge in [-0.15, -0.1) is 0 Å². The lowest BCUT2D eigenvalue weighted by molar-refractivity contribution is -0.141. The van der Waals surface area contributed by atoms with Gasteiger partial charge < -0.3 is 19.1 Å². The minimum absolute atomic E-state index is 0.00860. The smallest absolute Gasteiger partial charge is 0.307 e. The summed E-state index contributed by atoms with van der Waals surface area (Å²) in [6.07, 6.45) is 0.740. The maximum Gasteiger partial charge on any atom is 0.307 e. The molecule has 0 fully saturated rings. The van der Waals surface area contributed by atoms with Gasteiger partial charge in [-0.25, -0.2) is 0 Å². The van der Waals surface area contributed by atoms with Crippen molar-refractivity contribution in [1.29, 1.82) is 0 Å². The number of carbonyl (C=O) groups excluding carboxylic acids is 2. The summed E-state index contributed by atoms with van der Waals surface area (Å²) in [6.45, 7) is 6.92. The number of fused-ring (bicyclic) bond motifs is 1. The molecule has 2 aromatic carbocycles. The number of nitrogens with zero attached hydrogens (tertiary/aromatic N) is 1. The summed E-state index contributed by atoms with van der Waals surface area (Å²) >= 11 is 0. The molecule has 6 nitrogen and oxygen atoms in total. The summed E-state index contributed by atoms with van der Waals surface area (Å²) < 4.78 is 15.8. The molecular weight excluding hydrogens is 394 g/mol. The van der Waals surface area contributed by atoms with Gasteiger partial charge in [0.25, 0.3) is 5.91 Å². The second-order valence-corrected chi connectivity index (χ2v) is 8.78. The molecule has 0 aliphatic carbocycles. The molecule has 31 heavy (non-hydrogen) atoms. The molecule has 0 saturated carbocycles. The third kappa shape index (κ3) is 4.68. The maximum absolute atomic E-state index is 13.4. The standard InChI is InChI=1S/C25H31NO5/c1-25(2,3)18-9-7-16(8-10-18)24(28)26-12-11-17-13-21(29-4)22(30-5)14-19(17)20(26)15-23(27)31-6/h7-10,13-14,20H,11-12,15H2,1-6H3/t20-/m0/s1. The predicted octanol–water partition coefficient (Wildman–Crippen LogP) is 4.30. The number of hydrogen-bond acceptors (Lipinski definition) is 5. The minimum atomic E-state index is -0.439. The van der Waals surface area contributed by atoms with Crippen molar-refractivity contribution in [1.82, 2.24) is 4.90 Å². The van der Waals surface area contributed by atoms with Gasteiger partial charge in [0.15, 0.2) is 11.5 Å². The molecule has 166 valence electrons. The van der Waals surface area contributed by atoms with Crippen LogP contribution < -0.4 is 9.47 Å². The zero-order chi connectivity index (χ0) is 22.8. The molecule has 1 aliphatic heterocycles. The average molecular weight is 426 g/mol. The SMILES string of the molecule is COC(=O)C[C@H]1c2cc(OC)c(OC)cc2CCN1C(=O)c1ccc(C(C)(C)C)cc1. The lowest BCUT2D eigenvalue weighted by Gasteiger charge is -2.37. The molecule has 6 heteroatoms. The number of hydrogen-bond donors (Lipinski definition) is 0. The number of rotatable bonds is 5. The van der Waals surface area contributed by atoms with E-state index in [4.69, 9.17) is 14.2 Å². The van der Waals surface area contributed by atoms with Crippen LogP contribution in [-0.4, -0.2) is 44.7 Å². The van der Waals surface area contributed by atoms with Crippen molar-refractivity contribution in [3.8, 4) is 11.5 Å². The van der Waals surface area contributed by atoms with E-state index < -0.39 is 6.04 Å². The molecule has 0 aromatic heterocycles. The van der Waals surface area contributed by atoms with Gasteiger partial charge in [0.05, 0.1) is 33.8 Å². The number of ether oxygens (including phenoxy) is 3. The molecule has 1 atom stereocenters. The van der Waals surface area contributed by atoms with Gasteiger partial charge in [0.2, 0.25) is 0 Å². The summed E-state index contributed by atoms with van der Waals surface area (Å²) in [5.41, 5.74) is 3.70. The number of amides is 1. The largest absolute Gasteiger partial charge is 0.493 e. The van der Waals surface area contributed by atoms with Crippen LogP contribution in [0.3, 0.4) is 0 Å². The highest BCUT2D eigenvalue weighted by molar-refractivity contribution is 5.95. The Morgan fingerprint density at radius 1 is 1.00 bits per heavy atom. The Labute approximate surface area is 184 Å². The Morgan fingerprint density at radius 2 is 1.61 bits per heavy atom. The zero-order valence-electron chi connectivity index (χ0n) is 19.2. The molecule has 0 unspecified atom stereocenters. The second-order valence-electron chi connectivity index (χ2n) is 8.78. The Kier molecular flexibility index (Phi) is 6.58. The summed E-state index contributed by atoms with van der Waals surface area (Å²) in [5, 5.41) is 0. The number of methoxy groups -OCH3 is 3. The highest BCUT2D eigenvalue weighted by atomic mass is 16.5. The minimum Gasteiger partial charge on any atom is -0.493 e.